The molecule has 0 radical (unpaired) electrons. The average Bonchev–Trinajstić information content (AvgIpc) is 2.81. The van der Waals surface area contributed by atoms with Crippen molar-refractivity contribution < 1.29 is 38.1 Å². The smallest absolute Gasteiger partial charge is 0.317 e. The van der Waals surface area contributed by atoms with Gasteiger partial charge in [-0.15, -0.1) is 0 Å². The summed E-state index contributed by atoms with van der Waals surface area (Å²) in [4.78, 5) is 51.6. The number of carbonyl (C=O) groups excluding carboxylic acids is 4. The van der Waals surface area contributed by atoms with Crippen LogP contribution in [0, 0.1) is 0 Å². The second-order valence-electron chi connectivity index (χ2n) is 6.55. The fraction of sp³-hybridized carbons (Fsp3) is 0.500. The van der Waals surface area contributed by atoms with Gasteiger partial charge in [-0.05, 0) is 35.0 Å². The summed E-state index contributed by atoms with van der Waals surface area (Å²) in [5.41, 5.74) is 17.6. The van der Waals surface area contributed by atoms with Gasteiger partial charge in [0.2, 0.25) is 0 Å². The predicted molar refractivity (Wildman–Crippen MR) is 114 cm³/mol. The summed E-state index contributed by atoms with van der Waals surface area (Å²) in [6.45, 7) is 0.339. The molecule has 0 saturated heterocycles. The molecule has 0 aliphatic carbocycles. The first-order valence-corrected chi connectivity index (χ1v) is 10.2. The van der Waals surface area contributed by atoms with Crippen LogP contribution in [0.2, 0.25) is 0 Å². The van der Waals surface area contributed by atoms with E-state index in [-0.39, 0.29) is 39.5 Å². The van der Waals surface area contributed by atoms with Crippen molar-refractivity contribution in [2.45, 2.75) is 38.9 Å². The van der Waals surface area contributed by atoms with Crippen LogP contribution in [0.25, 0.3) is 20.9 Å². The van der Waals surface area contributed by atoms with Gasteiger partial charge in [0.25, 0.3) is 0 Å². The van der Waals surface area contributed by atoms with E-state index in [2.05, 4.69) is 20.1 Å². The van der Waals surface area contributed by atoms with Crippen molar-refractivity contribution in [3.63, 3.8) is 0 Å². The van der Waals surface area contributed by atoms with E-state index in [0.717, 1.165) is 0 Å². The standard InChI is InChI=1S/C20H24N6O8/c21-25-23-7-1-9-31-17(27)11-19(29)33-13-15-3-5-16(6-4-15)14-34-20(30)12-18(28)32-10-2-8-24-26-22/h3-6H,1-2,7-14H2. The van der Waals surface area contributed by atoms with Gasteiger partial charge in [0.15, 0.2) is 0 Å². The van der Waals surface area contributed by atoms with E-state index in [9.17, 15) is 19.2 Å². The highest BCUT2D eigenvalue weighted by atomic mass is 16.6. The lowest BCUT2D eigenvalue weighted by molar-refractivity contribution is -0.157. The highest BCUT2D eigenvalue weighted by Crippen LogP contribution is 2.08. The van der Waals surface area contributed by atoms with Crippen molar-refractivity contribution in [2.75, 3.05) is 26.3 Å². The van der Waals surface area contributed by atoms with E-state index in [1.54, 1.807) is 24.3 Å². The molecule has 0 fully saturated rings. The molecule has 0 N–H and O–H groups in total. The summed E-state index contributed by atoms with van der Waals surface area (Å²) >= 11 is 0. The van der Waals surface area contributed by atoms with Crippen LogP contribution in [-0.2, 0) is 51.3 Å². The van der Waals surface area contributed by atoms with E-state index in [0.29, 0.717) is 24.0 Å². The second-order valence-corrected chi connectivity index (χ2v) is 6.55. The molecule has 1 aromatic carbocycles. The second kappa shape index (κ2) is 17.3. The van der Waals surface area contributed by atoms with Crippen LogP contribution in [0.4, 0.5) is 0 Å². The largest absolute Gasteiger partial charge is 0.465 e. The van der Waals surface area contributed by atoms with Crippen LogP contribution in [-0.4, -0.2) is 50.2 Å². The number of rotatable bonds is 16. The lowest BCUT2D eigenvalue weighted by atomic mass is 10.1. The maximum Gasteiger partial charge on any atom is 0.317 e. The Balaban J connectivity index is 2.24. The van der Waals surface area contributed by atoms with Gasteiger partial charge < -0.3 is 18.9 Å². The molecule has 1 aromatic rings. The summed E-state index contributed by atoms with van der Waals surface area (Å²) in [5, 5.41) is 6.58. The van der Waals surface area contributed by atoms with Crippen molar-refractivity contribution in [1.82, 2.24) is 0 Å². The zero-order chi connectivity index (χ0) is 25.0. The fourth-order valence-corrected chi connectivity index (χ4v) is 2.23. The molecular formula is C20H24N6O8. The van der Waals surface area contributed by atoms with Gasteiger partial charge in [0.1, 0.15) is 26.1 Å². The first-order chi connectivity index (χ1) is 16.4. The van der Waals surface area contributed by atoms with Crippen molar-refractivity contribution in [3.05, 3.63) is 56.3 Å². The van der Waals surface area contributed by atoms with Crippen molar-refractivity contribution in [1.29, 1.82) is 0 Å². The first kappa shape index (κ1) is 27.8. The molecule has 182 valence electrons. The van der Waals surface area contributed by atoms with Crippen LogP contribution in [0.5, 0.6) is 0 Å². The molecule has 0 aliphatic rings. The molecule has 0 aliphatic heterocycles. The maximum atomic E-state index is 11.7. The summed E-state index contributed by atoms with van der Waals surface area (Å²) < 4.78 is 19.7. The van der Waals surface area contributed by atoms with E-state index in [1.165, 1.54) is 0 Å². The van der Waals surface area contributed by atoms with E-state index in [1.807, 2.05) is 0 Å². The minimum atomic E-state index is -0.747. The molecule has 0 atom stereocenters. The molecule has 34 heavy (non-hydrogen) atoms. The van der Waals surface area contributed by atoms with E-state index in [4.69, 9.17) is 30.0 Å². The lowest BCUT2D eigenvalue weighted by Gasteiger charge is -2.08. The van der Waals surface area contributed by atoms with Gasteiger partial charge in [-0.3, -0.25) is 19.2 Å². The number of hydrogen-bond donors (Lipinski definition) is 0. The number of nitrogens with zero attached hydrogens (tertiary/aromatic N) is 6. The topological polar surface area (TPSA) is 203 Å². The molecule has 0 amide bonds. The van der Waals surface area contributed by atoms with Crippen molar-refractivity contribution in [2.24, 2.45) is 10.2 Å². The third-order valence-electron chi connectivity index (χ3n) is 3.86. The molecule has 0 aromatic heterocycles. The normalized spacial score (nSPS) is 9.65. The monoisotopic (exact) mass is 476 g/mol. The van der Waals surface area contributed by atoms with Gasteiger partial charge in [-0.2, -0.15) is 0 Å². The minimum Gasteiger partial charge on any atom is -0.465 e. The quantitative estimate of drug-likeness (QED) is 0.0658. The number of azide groups is 2. The van der Waals surface area contributed by atoms with E-state index >= 15 is 0 Å². The molecule has 0 saturated carbocycles. The van der Waals surface area contributed by atoms with Gasteiger partial charge >= 0.3 is 23.9 Å². The lowest BCUT2D eigenvalue weighted by Crippen LogP contribution is -2.15. The predicted octanol–water partition coefficient (Wildman–Crippen LogP) is 3.04. The molecule has 0 unspecified atom stereocenters. The number of hydrogen-bond acceptors (Lipinski definition) is 10. The number of benzene rings is 1. The van der Waals surface area contributed by atoms with Crippen molar-refractivity contribution in [3.8, 4) is 0 Å². The maximum absolute atomic E-state index is 11.7. The Kier molecular flexibility index (Phi) is 14.1. The summed E-state index contributed by atoms with van der Waals surface area (Å²) in [6, 6.07) is 6.62. The molecule has 14 nitrogen and oxygen atoms in total. The van der Waals surface area contributed by atoms with Gasteiger partial charge in [-0.25, -0.2) is 0 Å². The highest BCUT2D eigenvalue weighted by molar-refractivity contribution is 5.91. The van der Waals surface area contributed by atoms with Crippen LogP contribution in [0.15, 0.2) is 34.5 Å². The number of ether oxygens (including phenoxy) is 4. The summed E-state index contributed by atoms with van der Waals surface area (Å²) in [6.07, 6.45) is -0.356. The highest BCUT2D eigenvalue weighted by Gasteiger charge is 2.13. The van der Waals surface area contributed by atoms with Gasteiger partial charge in [0, 0.05) is 22.9 Å². The van der Waals surface area contributed by atoms with Crippen molar-refractivity contribution >= 4 is 23.9 Å². The van der Waals surface area contributed by atoms with Crippen LogP contribution in [0.1, 0.15) is 36.8 Å². The van der Waals surface area contributed by atoms with Crippen LogP contribution < -0.4 is 0 Å². The van der Waals surface area contributed by atoms with Crippen LogP contribution in [0.3, 0.4) is 0 Å². The molecule has 14 heteroatoms. The SMILES string of the molecule is [N-]=[N+]=NCCCOC(=O)CC(=O)OCc1ccc(COC(=O)CC(=O)OCCCN=[N+]=[N-])cc1. The zero-order valence-electron chi connectivity index (χ0n) is 18.3. The molecule has 0 spiro atoms. The van der Waals surface area contributed by atoms with E-state index < -0.39 is 36.7 Å². The number of carbonyl (C=O) groups is 4. The number of esters is 4. The summed E-state index contributed by atoms with van der Waals surface area (Å²) in [5.74, 6) is -2.97. The Bertz CT molecular complexity index is 848. The first-order valence-electron chi connectivity index (χ1n) is 10.2. The average molecular weight is 476 g/mol. The summed E-state index contributed by atoms with van der Waals surface area (Å²) in [7, 11) is 0. The Labute approximate surface area is 194 Å². The Morgan fingerprint density at radius 3 is 1.35 bits per heavy atom. The molecule has 0 heterocycles. The molecular weight excluding hydrogens is 452 g/mol. The zero-order valence-corrected chi connectivity index (χ0v) is 18.3. The minimum absolute atomic E-state index is 0.0389. The van der Waals surface area contributed by atoms with Crippen LogP contribution >= 0.6 is 0 Å². The molecule has 0 bridgehead atoms. The third kappa shape index (κ3) is 13.9. The van der Waals surface area contributed by atoms with Gasteiger partial charge in [0.05, 0.1) is 13.2 Å². The van der Waals surface area contributed by atoms with Gasteiger partial charge in [-0.1, -0.05) is 34.5 Å². The fourth-order valence-electron chi connectivity index (χ4n) is 2.23. The third-order valence-corrected chi connectivity index (χ3v) is 3.86. The molecule has 1 rings (SSSR count). The Hall–Kier alpha value is -4.28. The Morgan fingerprint density at radius 1 is 0.647 bits per heavy atom. The Morgan fingerprint density at radius 2 is 1.00 bits per heavy atom.